The second kappa shape index (κ2) is 4.52. The van der Waals surface area contributed by atoms with Gasteiger partial charge in [0.15, 0.2) is 11.6 Å². The highest BCUT2D eigenvalue weighted by atomic mass is 16.6. The molecule has 4 unspecified atom stereocenters. The summed E-state index contributed by atoms with van der Waals surface area (Å²) in [5.74, 6) is 4.86. The van der Waals surface area contributed by atoms with Gasteiger partial charge < -0.3 is 9.57 Å². The second-order valence-corrected chi connectivity index (χ2v) is 6.92. The molecule has 0 aromatic heterocycles. The Kier molecular flexibility index (Phi) is 2.65. The lowest BCUT2D eigenvalue weighted by molar-refractivity contribution is -0.127. The predicted molar refractivity (Wildman–Crippen MR) is 80.8 cm³/mol. The first kappa shape index (κ1) is 13.5. The molecule has 1 aromatic carbocycles. The average Bonchev–Trinajstić information content (AvgIpc) is 3.11. The number of Topliss-reactive ketones (excluding diaryl/α,β-unsaturated/α-hetero) is 2. The normalized spacial score (nSPS) is 37.5. The Bertz CT molecular complexity index is 721. The third-order valence-corrected chi connectivity index (χ3v) is 5.65. The molecule has 0 spiro atoms. The Morgan fingerprint density at radius 2 is 1.65 bits per heavy atom. The molecule has 0 amide bonds. The van der Waals surface area contributed by atoms with Crippen LogP contribution >= 0.6 is 0 Å². The van der Waals surface area contributed by atoms with Crippen molar-refractivity contribution in [2.24, 2.45) is 17.7 Å². The van der Waals surface area contributed by atoms with E-state index in [4.69, 9.17) is 15.5 Å². The average molecular weight is 311 g/mol. The summed E-state index contributed by atoms with van der Waals surface area (Å²) in [6, 6.07) is 5.52. The van der Waals surface area contributed by atoms with Crippen LogP contribution in [0, 0.1) is 11.8 Å². The van der Waals surface area contributed by atoms with Gasteiger partial charge in [-0.15, -0.1) is 0 Å². The molecule has 23 heavy (non-hydrogen) atoms. The third kappa shape index (κ3) is 1.75. The molecule has 2 aliphatic heterocycles. The van der Waals surface area contributed by atoms with Crippen LogP contribution in [0.25, 0.3) is 0 Å². The smallest absolute Gasteiger partial charge is 0.154 e. The minimum Gasteiger partial charge on any atom is -0.412 e. The topological polar surface area (TPSA) is 78.6 Å². The van der Waals surface area contributed by atoms with Crippen LogP contribution in [0.15, 0.2) is 30.4 Å². The molecule has 2 saturated carbocycles. The van der Waals surface area contributed by atoms with E-state index in [-0.39, 0.29) is 35.6 Å². The number of fused-ring (bicyclic) bond motifs is 5. The van der Waals surface area contributed by atoms with Crippen LogP contribution in [-0.4, -0.2) is 23.8 Å². The van der Waals surface area contributed by atoms with Crippen LogP contribution in [0.1, 0.15) is 35.8 Å². The number of hydrogen-bond donors (Lipinski definition) is 1. The molecule has 5 heteroatoms. The molecule has 1 aromatic rings. The molecule has 118 valence electrons. The predicted octanol–water partition coefficient (Wildman–Crippen LogP) is 1.62. The maximum atomic E-state index is 13.0. The van der Waals surface area contributed by atoms with Gasteiger partial charge >= 0.3 is 0 Å². The first-order valence-electron chi connectivity index (χ1n) is 8.11. The molecule has 2 N–H and O–H groups in total. The van der Waals surface area contributed by atoms with Crippen molar-refractivity contribution in [2.45, 2.75) is 36.9 Å². The van der Waals surface area contributed by atoms with Crippen LogP contribution in [0.4, 0.5) is 0 Å². The zero-order valence-corrected chi connectivity index (χ0v) is 12.5. The van der Waals surface area contributed by atoms with Crippen molar-refractivity contribution in [1.29, 1.82) is 0 Å². The fourth-order valence-electron chi connectivity index (χ4n) is 4.46. The van der Waals surface area contributed by atoms with Gasteiger partial charge in [0.1, 0.15) is 11.7 Å². The first-order valence-corrected chi connectivity index (χ1v) is 8.11. The molecule has 5 nitrogen and oxygen atoms in total. The number of carbonyl (C=O) groups is 2. The lowest BCUT2D eigenvalue weighted by Gasteiger charge is -2.17. The monoisotopic (exact) mass is 311 g/mol. The standard InChI is InChI=1S/C18H17NO4/c19-23-9-3-4-10(8-1-2-8)11(7-9)14-17(20)15-12-5-6-13(22-12)16(15)18(14)21/h3-8,12-16H,1-2,19H2. The molecule has 3 fully saturated rings. The molecule has 0 radical (unpaired) electrons. The van der Waals surface area contributed by atoms with Gasteiger partial charge in [-0.3, -0.25) is 9.59 Å². The summed E-state index contributed by atoms with van der Waals surface area (Å²) in [7, 11) is 0. The largest absolute Gasteiger partial charge is 0.412 e. The van der Waals surface area contributed by atoms with Gasteiger partial charge in [0.05, 0.1) is 24.0 Å². The van der Waals surface area contributed by atoms with E-state index in [0.717, 1.165) is 24.0 Å². The molecule has 2 aliphatic carbocycles. The van der Waals surface area contributed by atoms with E-state index in [9.17, 15) is 9.59 Å². The Morgan fingerprint density at radius 1 is 1.00 bits per heavy atom. The van der Waals surface area contributed by atoms with Crippen LogP contribution < -0.4 is 10.7 Å². The Morgan fingerprint density at radius 3 is 2.22 bits per heavy atom. The summed E-state index contributed by atoms with van der Waals surface area (Å²) in [4.78, 5) is 30.8. The summed E-state index contributed by atoms with van der Waals surface area (Å²) in [6.07, 6.45) is 5.58. The lowest BCUT2D eigenvalue weighted by atomic mass is 9.85. The van der Waals surface area contributed by atoms with Gasteiger partial charge in [-0.1, -0.05) is 18.2 Å². The van der Waals surface area contributed by atoms with Crippen LogP contribution in [0.5, 0.6) is 5.75 Å². The van der Waals surface area contributed by atoms with Gasteiger partial charge in [-0.05, 0) is 42.0 Å². The zero-order valence-electron chi connectivity index (χ0n) is 12.5. The Labute approximate surface area is 133 Å². The van der Waals surface area contributed by atoms with E-state index in [2.05, 4.69) is 0 Å². The van der Waals surface area contributed by atoms with Crippen LogP contribution in [-0.2, 0) is 14.3 Å². The van der Waals surface area contributed by atoms with Crippen molar-refractivity contribution in [3.8, 4) is 5.75 Å². The molecular weight excluding hydrogens is 294 g/mol. The molecular formula is C18H17NO4. The maximum Gasteiger partial charge on any atom is 0.154 e. The van der Waals surface area contributed by atoms with Crippen molar-refractivity contribution in [1.82, 2.24) is 0 Å². The summed E-state index contributed by atoms with van der Waals surface area (Å²) >= 11 is 0. The van der Waals surface area contributed by atoms with E-state index in [0.29, 0.717) is 11.7 Å². The molecule has 4 aliphatic rings. The lowest BCUT2D eigenvalue weighted by Crippen LogP contribution is -2.26. The fraction of sp³-hybridized carbons (Fsp3) is 0.444. The van der Waals surface area contributed by atoms with E-state index < -0.39 is 5.92 Å². The van der Waals surface area contributed by atoms with Gasteiger partial charge in [0, 0.05) is 0 Å². The minimum absolute atomic E-state index is 0.00655. The summed E-state index contributed by atoms with van der Waals surface area (Å²) in [6.45, 7) is 0. The van der Waals surface area contributed by atoms with Crippen molar-refractivity contribution >= 4 is 11.6 Å². The number of carbonyl (C=O) groups excluding carboxylic acids is 2. The van der Waals surface area contributed by atoms with E-state index >= 15 is 0 Å². The van der Waals surface area contributed by atoms with Gasteiger partial charge in [-0.25, -0.2) is 0 Å². The summed E-state index contributed by atoms with van der Waals surface area (Å²) < 4.78 is 5.70. The van der Waals surface area contributed by atoms with Gasteiger partial charge in [-0.2, -0.15) is 5.90 Å². The summed E-state index contributed by atoms with van der Waals surface area (Å²) in [5.41, 5.74) is 1.89. The Balaban J connectivity index is 1.60. The minimum atomic E-state index is -0.690. The van der Waals surface area contributed by atoms with Crippen molar-refractivity contribution < 1.29 is 19.2 Å². The van der Waals surface area contributed by atoms with Crippen molar-refractivity contribution in [3.05, 3.63) is 41.5 Å². The van der Waals surface area contributed by atoms with Crippen molar-refractivity contribution in [3.63, 3.8) is 0 Å². The highest BCUT2D eigenvalue weighted by Crippen LogP contribution is 2.52. The molecule has 1 saturated heterocycles. The number of hydrogen-bond acceptors (Lipinski definition) is 5. The fourth-order valence-corrected chi connectivity index (χ4v) is 4.46. The van der Waals surface area contributed by atoms with Crippen molar-refractivity contribution in [2.75, 3.05) is 0 Å². The molecule has 4 atom stereocenters. The zero-order chi connectivity index (χ0) is 15.7. The highest BCUT2D eigenvalue weighted by molar-refractivity contribution is 6.17. The molecule has 5 rings (SSSR count). The number of ketones is 2. The first-order chi connectivity index (χ1) is 11.2. The third-order valence-electron chi connectivity index (χ3n) is 5.65. The van der Waals surface area contributed by atoms with Crippen LogP contribution in [0.3, 0.4) is 0 Å². The van der Waals surface area contributed by atoms with E-state index in [1.807, 2.05) is 18.2 Å². The quantitative estimate of drug-likeness (QED) is 0.521. The molecule has 2 heterocycles. The van der Waals surface area contributed by atoms with E-state index in [1.54, 1.807) is 12.1 Å². The second-order valence-electron chi connectivity index (χ2n) is 6.92. The molecule has 2 bridgehead atoms. The number of benzene rings is 1. The maximum absolute atomic E-state index is 13.0. The Hall–Kier alpha value is -1.98. The highest BCUT2D eigenvalue weighted by Gasteiger charge is 2.61. The number of ether oxygens (including phenoxy) is 1. The SMILES string of the molecule is NOc1ccc(C2CC2)c(C2C(=O)C3C4C=CC(O4)C3C2=O)c1. The van der Waals surface area contributed by atoms with E-state index in [1.165, 1.54) is 0 Å². The summed E-state index contributed by atoms with van der Waals surface area (Å²) in [5, 5.41) is 0. The van der Waals surface area contributed by atoms with Crippen LogP contribution in [0.2, 0.25) is 0 Å². The van der Waals surface area contributed by atoms with Gasteiger partial charge in [0.2, 0.25) is 0 Å². The van der Waals surface area contributed by atoms with Gasteiger partial charge in [0.25, 0.3) is 0 Å². The number of nitrogens with two attached hydrogens (primary N) is 1. The number of rotatable bonds is 3.